The van der Waals surface area contributed by atoms with Gasteiger partial charge in [0.25, 0.3) is 0 Å². The Morgan fingerprint density at radius 1 is 0.809 bits per heavy atom. The molecule has 12 nitrogen and oxygen atoms in total. The van der Waals surface area contributed by atoms with Crippen molar-refractivity contribution in [3.8, 4) is 0 Å². The van der Waals surface area contributed by atoms with Crippen LogP contribution < -0.4 is 0 Å². The summed E-state index contributed by atoms with van der Waals surface area (Å²) in [6.07, 6.45) is 1.76. The number of carbonyl (C=O) groups is 2. The van der Waals surface area contributed by atoms with Crippen molar-refractivity contribution in [1.29, 1.82) is 0 Å². The molecule has 15 atom stereocenters. The largest absolute Gasteiger partial charge is 0.459 e. The van der Waals surface area contributed by atoms with Crippen LogP contribution in [0.2, 0.25) is 0 Å². The van der Waals surface area contributed by atoms with E-state index in [1.54, 1.807) is 27.0 Å². The highest BCUT2D eigenvalue weighted by molar-refractivity contribution is 5.82. The fourth-order valence-electron chi connectivity index (χ4n) is 6.69. The van der Waals surface area contributed by atoms with Gasteiger partial charge in [0, 0.05) is 58.0 Å². The van der Waals surface area contributed by atoms with Crippen molar-refractivity contribution >= 4 is 11.8 Å². The molecule has 12 heteroatoms. The SMILES string of the molecule is CO[C@H]1[C@H](OC[C@H]2/C=C/CCC(=O)[C@H](C)C[C@H](C)[C@H](O[C@H]3O[C@@H](C)C[C@@H](OC)[C@H]3O)[C@@H](C)/C=C/C(=O)O[C@@H]2C)O[C@H](C)[C@@H](O)[C@@H]1OC. The monoisotopic (exact) mass is 670 g/mol. The molecule has 0 unspecified atom stereocenters. The number of rotatable bonds is 8. The van der Waals surface area contributed by atoms with Crippen molar-refractivity contribution in [3.05, 3.63) is 24.3 Å². The number of ether oxygens (including phenoxy) is 8. The van der Waals surface area contributed by atoms with Crippen LogP contribution in [0.5, 0.6) is 0 Å². The normalized spacial score (nSPS) is 44.4. The van der Waals surface area contributed by atoms with E-state index in [0.29, 0.717) is 25.7 Å². The summed E-state index contributed by atoms with van der Waals surface area (Å²) in [4.78, 5) is 26.3. The second-order valence-electron chi connectivity index (χ2n) is 13.4. The number of hydrogen-bond acceptors (Lipinski definition) is 12. The van der Waals surface area contributed by atoms with Gasteiger partial charge in [-0.05, 0) is 39.5 Å². The first-order valence-electron chi connectivity index (χ1n) is 16.9. The Hall–Kier alpha value is -1.74. The summed E-state index contributed by atoms with van der Waals surface area (Å²) >= 11 is 0. The number of esters is 1. The molecule has 0 saturated carbocycles. The Morgan fingerprint density at radius 2 is 1.51 bits per heavy atom. The van der Waals surface area contributed by atoms with Crippen LogP contribution in [0.3, 0.4) is 0 Å². The summed E-state index contributed by atoms with van der Waals surface area (Å²) in [5.41, 5.74) is 0. The predicted molar refractivity (Wildman–Crippen MR) is 172 cm³/mol. The van der Waals surface area contributed by atoms with E-state index >= 15 is 0 Å². The van der Waals surface area contributed by atoms with E-state index in [1.165, 1.54) is 20.3 Å². The summed E-state index contributed by atoms with van der Waals surface area (Å²) in [5.74, 6) is -1.35. The summed E-state index contributed by atoms with van der Waals surface area (Å²) in [6, 6.07) is 0. The van der Waals surface area contributed by atoms with E-state index in [2.05, 4.69) is 0 Å². The van der Waals surface area contributed by atoms with Gasteiger partial charge in [-0.2, -0.15) is 0 Å². The van der Waals surface area contributed by atoms with E-state index in [1.807, 2.05) is 39.8 Å². The van der Waals surface area contributed by atoms with Crippen molar-refractivity contribution in [1.82, 2.24) is 0 Å². The molecule has 3 aliphatic heterocycles. The van der Waals surface area contributed by atoms with Gasteiger partial charge in [-0.25, -0.2) is 4.79 Å². The first kappa shape index (κ1) is 39.7. The minimum atomic E-state index is -0.984. The highest BCUT2D eigenvalue weighted by Crippen LogP contribution is 2.32. The second kappa shape index (κ2) is 18.9. The third-order valence-corrected chi connectivity index (χ3v) is 9.68. The molecule has 2 fully saturated rings. The number of aliphatic hydroxyl groups excluding tert-OH is 2. The highest BCUT2D eigenvalue weighted by atomic mass is 16.7. The number of ketones is 1. The third-order valence-electron chi connectivity index (χ3n) is 9.68. The van der Waals surface area contributed by atoms with Gasteiger partial charge in [0.05, 0.1) is 31.0 Å². The lowest BCUT2D eigenvalue weighted by molar-refractivity contribution is -0.304. The van der Waals surface area contributed by atoms with Crippen molar-refractivity contribution in [3.63, 3.8) is 0 Å². The van der Waals surface area contributed by atoms with Gasteiger partial charge in [-0.1, -0.05) is 39.0 Å². The van der Waals surface area contributed by atoms with E-state index in [4.69, 9.17) is 37.9 Å². The van der Waals surface area contributed by atoms with E-state index in [9.17, 15) is 19.8 Å². The predicted octanol–water partition coefficient (Wildman–Crippen LogP) is 3.36. The molecule has 0 aromatic carbocycles. The van der Waals surface area contributed by atoms with Crippen LogP contribution in [-0.2, 0) is 47.5 Å². The van der Waals surface area contributed by atoms with Crippen molar-refractivity contribution in [2.75, 3.05) is 27.9 Å². The Morgan fingerprint density at radius 3 is 2.17 bits per heavy atom. The maximum absolute atomic E-state index is 13.2. The van der Waals surface area contributed by atoms with Crippen LogP contribution in [-0.4, -0.2) is 117 Å². The van der Waals surface area contributed by atoms with Crippen molar-refractivity contribution in [2.24, 2.45) is 23.7 Å². The van der Waals surface area contributed by atoms with Crippen LogP contribution in [0.4, 0.5) is 0 Å². The Balaban J connectivity index is 1.78. The lowest BCUT2D eigenvalue weighted by Gasteiger charge is -2.42. The number of methoxy groups -OCH3 is 3. The van der Waals surface area contributed by atoms with Crippen LogP contribution in [0, 0.1) is 23.7 Å². The first-order valence-corrected chi connectivity index (χ1v) is 16.9. The van der Waals surface area contributed by atoms with Crippen molar-refractivity contribution in [2.45, 2.75) is 135 Å². The number of hydrogen-bond donors (Lipinski definition) is 2. The molecule has 47 heavy (non-hydrogen) atoms. The van der Waals surface area contributed by atoms with Crippen LogP contribution in [0.1, 0.15) is 67.2 Å². The molecular formula is C35H58O12. The summed E-state index contributed by atoms with van der Waals surface area (Å²) in [5, 5.41) is 21.4. The van der Waals surface area contributed by atoms with Crippen LogP contribution in [0.25, 0.3) is 0 Å². The molecular weight excluding hydrogens is 612 g/mol. The molecule has 3 rings (SSSR count). The molecule has 2 N–H and O–H groups in total. The number of cyclic esters (lactones) is 1. The Kier molecular flexibility index (Phi) is 15.9. The number of Topliss-reactive ketones (excluding diaryl/α,β-unsaturated/α-hetero) is 1. The van der Waals surface area contributed by atoms with E-state index in [-0.39, 0.29) is 42.2 Å². The molecule has 0 aromatic rings. The minimum Gasteiger partial charge on any atom is -0.459 e. The Labute approximate surface area is 280 Å². The lowest BCUT2D eigenvalue weighted by Crippen LogP contribution is -2.59. The summed E-state index contributed by atoms with van der Waals surface area (Å²) in [6.45, 7) is 11.4. The van der Waals surface area contributed by atoms with Gasteiger partial charge in [0.1, 0.15) is 36.3 Å². The molecule has 2 saturated heterocycles. The smallest absolute Gasteiger partial charge is 0.330 e. The van der Waals surface area contributed by atoms with Gasteiger partial charge in [0.2, 0.25) is 0 Å². The first-order chi connectivity index (χ1) is 22.3. The van der Waals surface area contributed by atoms with Gasteiger partial charge >= 0.3 is 5.97 Å². The number of aliphatic hydroxyl groups is 2. The zero-order valence-corrected chi connectivity index (χ0v) is 29.5. The van der Waals surface area contributed by atoms with Gasteiger partial charge in [0.15, 0.2) is 12.6 Å². The van der Waals surface area contributed by atoms with Gasteiger partial charge in [-0.15, -0.1) is 0 Å². The minimum absolute atomic E-state index is 0.0954. The van der Waals surface area contributed by atoms with E-state index < -0.39 is 67.4 Å². The second-order valence-corrected chi connectivity index (χ2v) is 13.4. The number of allylic oxidation sites excluding steroid dienone is 1. The number of carbonyl (C=O) groups excluding carboxylic acids is 2. The topological polar surface area (TPSA) is 148 Å². The lowest BCUT2D eigenvalue weighted by atomic mass is 9.84. The zero-order chi connectivity index (χ0) is 34.8. The average Bonchev–Trinajstić information content (AvgIpc) is 3.03. The maximum atomic E-state index is 13.2. The van der Waals surface area contributed by atoms with Crippen LogP contribution >= 0.6 is 0 Å². The molecule has 0 amide bonds. The molecule has 0 spiro atoms. The van der Waals surface area contributed by atoms with Gasteiger partial charge < -0.3 is 48.1 Å². The summed E-state index contributed by atoms with van der Waals surface area (Å²) < 4.78 is 46.8. The van der Waals surface area contributed by atoms with E-state index in [0.717, 1.165) is 0 Å². The highest BCUT2D eigenvalue weighted by Gasteiger charge is 2.45. The van der Waals surface area contributed by atoms with Gasteiger partial charge in [-0.3, -0.25) is 4.79 Å². The molecule has 3 heterocycles. The summed E-state index contributed by atoms with van der Waals surface area (Å²) in [7, 11) is 4.55. The maximum Gasteiger partial charge on any atom is 0.330 e. The molecule has 0 bridgehead atoms. The molecule has 0 aromatic heterocycles. The molecule has 3 aliphatic rings. The fourth-order valence-corrected chi connectivity index (χ4v) is 6.69. The molecule has 0 aliphatic carbocycles. The third kappa shape index (κ3) is 10.9. The zero-order valence-electron chi connectivity index (χ0n) is 29.5. The Bertz CT molecular complexity index is 1030. The molecule has 0 radical (unpaired) electrons. The van der Waals surface area contributed by atoms with Crippen molar-refractivity contribution < 1.29 is 57.7 Å². The standard InChI is InChI=1S/C35H58O12/c1-19-14-15-28(37)45-23(5)25(18-43-35-33(42-9)32(41-8)29(38)24(6)46-35)12-10-11-13-26(36)20(2)16-21(3)31(19)47-34-30(39)27(40-7)17-22(4)44-34/h10,12,14-15,19-25,27,29-35,38-39H,11,13,16-18H2,1-9H3/b12-10+,15-14+/t19-,20+,21-,22-,23+,24+,25+,27+,29+,30+,31+,32-,33+,34+,35+/m0/s1. The fraction of sp³-hybridized carbons (Fsp3) is 0.829. The van der Waals surface area contributed by atoms with Crippen LogP contribution in [0.15, 0.2) is 24.3 Å². The quantitative estimate of drug-likeness (QED) is 0.288. The average molecular weight is 671 g/mol. The molecule has 270 valence electrons.